The fourth-order valence-electron chi connectivity index (χ4n) is 7.05. The number of para-hydroxylation sites is 2. The van der Waals surface area contributed by atoms with Gasteiger partial charge in [0.2, 0.25) is 5.95 Å². The maximum Gasteiger partial charge on any atom is 0.238 e. The van der Waals surface area contributed by atoms with E-state index in [2.05, 4.69) is 100 Å². The molecule has 210 valence electrons. The Labute approximate surface area is 255 Å². The quantitative estimate of drug-likeness (QED) is 0.213. The van der Waals surface area contributed by atoms with Crippen LogP contribution in [0.25, 0.3) is 67.1 Å². The van der Waals surface area contributed by atoms with E-state index in [9.17, 15) is 0 Å². The van der Waals surface area contributed by atoms with E-state index in [-0.39, 0.29) is 0 Å². The number of aryl methyl sites for hydroxylation is 1. The lowest BCUT2D eigenvalue weighted by atomic mass is 9.95. The lowest BCUT2D eigenvalue weighted by Crippen LogP contribution is -2.07. The number of hydrogen-bond acceptors (Lipinski definition) is 3. The zero-order valence-electron chi connectivity index (χ0n) is 24.2. The summed E-state index contributed by atoms with van der Waals surface area (Å²) in [4.78, 5) is 15.2. The molecule has 0 radical (unpaired) electrons. The molecule has 0 aliphatic heterocycles. The first kappa shape index (κ1) is 25.0. The van der Waals surface area contributed by atoms with Crippen molar-refractivity contribution in [1.82, 2.24) is 24.1 Å². The predicted molar refractivity (Wildman–Crippen MR) is 179 cm³/mol. The number of rotatable bonds is 4. The van der Waals surface area contributed by atoms with Crippen LogP contribution in [0.1, 0.15) is 24.1 Å². The van der Waals surface area contributed by atoms with E-state index >= 15 is 0 Å². The van der Waals surface area contributed by atoms with Crippen LogP contribution in [-0.2, 0) is 12.8 Å². The molecule has 3 heterocycles. The Kier molecular flexibility index (Phi) is 5.69. The van der Waals surface area contributed by atoms with E-state index in [1.54, 1.807) is 0 Å². The molecule has 0 amide bonds. The van der Waals surface area contributed by atoms with E-state index in [4.69, 9.17) is 15.0 Å². The van der Waals surface area contributed by atoms with Gasteiger partial charge in [-0.05, 0) is 55.5 Å². The average molecular weight is 568 g/mol. The van der Waals surface area contributed by atoms with Crippen LogP contribution in [0.3, 0.4) is 0 Å². The molecule has 5 aromatic carbocycles. The molecule has 8 aromatic rings. The van der Waals surface area contributed by atoms with Crippen molar-refractivity contribution in [2.75, 3.05) is 0 Å². The summed E-state index contributed by atoms with van der Waals surface area (Å²) in [5, 5.41) is 3.78. The molecule has 0 N–H and O–H groups in total. The molecule has 5 heteroatoms. The fraction of sp³-hybridized carbons (Fsp3) is 0.103. The molecule has 0 fully saturated rings. The van der Waals surface area contributed by atoms with E-state index in [1.807, 2.05) is 36.4 Å². The molecule has 5 nitrogen and oxygen atoms in total. The van der Waals surface area contributed by atoms with Gasteiger partial charge in [0.1, 0.15) is 0 Å². The molecule has 0 atom stereocenters. The van der Waals surface area contributed by atoms with Crippen molar-refractivity contribution in [1.29, 1.82) is 0 Å². The highest BCUT2D eigenvalue weighted by molar-refractivity contribution is 6.21. The normalized spacial score (nSPS) is 13.1. The van der Waals surface area contributed by atoms with Gasteiger partial charge in [-0.2, -0.15) is 9.97 Å². The maximum atomic E-state index is 5.13. The topological polar surface area (TPSA) is 48.5 Å². The van der Waals surface area contributed by atoms with E-state index in [1.165, 1.54) is 51.5 Å². The lowest BCUT2D eigenvalue weighted by Gasteiger charge is -2.16. The van der Waals surface area contributed by atoms with Crippen LogP contribution in [0.15, 0.2) is 127 Å². The number of benzene rings is 5. The largest absolute Gasteiger partial charge is 0.313 e. The molecule has 0 bridgehead atoms. The first-order valence-corrected chi connectivity index (χ1v) is 15.4. The number of fused-ring (bicyclic) bond motifs is 7. The molecule has 3 aromatic heterocycles. The first-order chi connectivity index (χ1) is 21.8. The lowest BCUT2D eigenvalue weighted by molar-refractivity contribution is 0.667. The molecule has 0 unspecified atom stereocenters. The number of nitrogens with zero attached hydrogens (tertiary/aromatic N) is 5. The molecular weight excluding hydrogens is 538 g/mol. The Hall–Kier alpha value is -5.55. The van der Waals surface area contributed by atoms with Crippen molar-refractivity contribution in [3.05, 3.63) is 139 Å². The summed E-state index contributed by atoms with van der Waals surface area (Å²) in [6, 6.07) is 44.5. The van der Waals surface area contributed by atoms with Gasteiger partial charge in [-0.25, -0.2) is 4.98 Å². The van der Waals surface area contributed by atoms with Crippen LogP contribution < -0.4 is 0 Å². The minimum atomic E-state index is 0.617. The molecule has 0 saturated heterocycles. The minimum absolute atomic E-state index is 0.617. The third-order valence-electron chi connectivity index (χ3n) is 8.97. The first-order valence-electron chi connectivity index (χ1n) is 15.4. The van der Waals surface area contributed by atoms with Crippen molar-refractivity contribution in [3.63, 3.8) is 0 Å². The molecule has 9 rings (SSSR count). The van der Waals surface area contributed by atoms with Gasteiger partial charge in [0.15, 0.2) is 11.6 Å². The Balaban J connectivity index is 1.41. The van der Waals surface area contributed by atoms with Gasteiger partial charge in [0.25, 0.3) is 0 Å². The number of aromatic nitrogens is 5. The summed E-state index contributed by atoms with van der Waals surface area (Å²) in [5.41, 5.74) is 9.52. The molecule has 44 heavy (non-hydrogen) atoms. The van der Waals surface area contributed by atoms with Gasteiger partial charge in [-0.3, -0.25) is 4.57 Å². The highest BCUT2D eigenvalue weighted by Crippen LogP contribution is 2.42. The van der Waals surface area contributed by atoms with Crippen LogP contribution in [-0.4, -0.2) is 24.1 Å². The Bertz CT molecular complexity index is 2260. The fourth-order valence-corrected chi connectivity index (χ4v) is 7.05. The van der Waals surface area contributed by atoms with Crippen molar-refractivity contribution in [2.24, 2.45) is 0 Å². The third-order valence-corrected chi connectivity index (χ3v) is 8.97. The standard InChI is InChI=1S/C39H29N5/c1-4-14-26(15-5-1)37-40-38(27-16-6-2-7-17-27)42-39(41-37)44-33-23-13-11-21-31(33)35-34(44)25-24-30-29-20-10-12-22-32(29)43(36(30)35)28-18-8-3-9-19-28/h1-9,11,13-19,21,23-25H,10,12,20,22H2. The SMILES string of the molecule is c1ccc(-c2nc(-c3ccccc3)nc(-n3c4ccccc4c4c5c(ccc43)c3c(n5-c4ccccc4)CCCC3)n2)cc1. The van der Waals surface area contributed by atoms with Crippen LogP contribution >= 0.6 is 0 Å². The van der Waals surface area contributed by atoms with Crippen LogP contribution in [0.4, 0.5) is 0 Å². The Morgan fingerprint density at radius 1 is 0.477 bits per heavy atom. The molecule has 1 aliphatic rings. The highest BCUT2D eigenvalue weighted by atomic mass is 15.2. The van der Waals surface area contributed by atoms with Gasteiger partial charge in [0.05, 0.1) is 16.6 Å². The Morgan fingerprint density at radius 2 is 1.09 bits per heavy atom. The molecule has 0 saturated carbocycles. The third kappa shape index (κ3) is 3.82. The summed E-state index contributed by atoms with van der Waals surface area (Å²) in [5.74, 6) is 1.93. The Morgan fingerprint density at radius 3 is 1.80 bits per heavy atom. The predicted octanol–water partition coefficient (Wildman–Crippen LogP) is 9.13. The van der Waals surface area contributed by atoms with Gasteiger partial charge in [0, 0.05) is 38.7 Å². The second-order valence-electron chi connectivity index (χ2n) is 11.5. The summed E-state index contributed by atoms with van der Waals surface area (Å²) < 4.78 is 4.76. The van der Waals surface area contributed by atoms with Crippen molar-refractivity contribution < 1.29 is 0 Å². The number of hydrogen-bond donors (Lipinski definition) is 0. The van der Waals surface area contributed by atoms with E-state index in [0.717, 1.165) is 35.0 Å². The monoisotopic (exact) mass is 567 g/mol. The maximum absolute atomic E-state index is 5.13. The molecule has 0 spiro atoms. The van der Waals surface area contributed by atoms with Gasteiger partial charge in [-0.15, -0.1) is 0 Å². The summed E-state index contributed by atoms with van der Waals surface area (Å²) in [6.45, 7) is 0. The average Bonchev–Trinajstić information content (AvgIpc) is 3.62. The second-order valence-corrected chi connectivity index (χ2v) is 11.5. The van der Waals surface area contributed by atoms with Crippen molar-refractivity contribution >= 4 is 32.7 Å². The summed E-state index contributed by atoms with van der Waals surface area (Å²) >= 11 is 0. The molecule has 1 aliphatic carbocycles. The summed E-state index contributed by atoms with van der Waals surface area (Å²) in [6.07, 6.45) is 4.66. The van der Waals surface area contributed by atoms with Crippen LogP contribution in [0.2, 0.25) is 0 Å². The van der Waals surface area contributed by atoms with Gasteiger partial charge < -0.3 is 4.57 Å². The van der Waals surface area contributed by atoms with Gasteiger partial charge >= 0.3 is 0 Å². The zero-order valence-corrected chi connectivity index (χ0v) is 24.2. The second kappa shape index (κ2) is 10.0. The van der Waals surface area contributed by atoms with E-state index in [0.29, 0.717) is 17.6 Å². The van der Waals surface area contributed by atoms with Crippen LogP contribution in [0.5, 0.6) is 0 Å². The van der Waals surface area contributed by atoms with Crippen molar-refractivity contribution in [2.45, 2.75) is 25.7 Å². The smallest absolute Gasteiger partial charge is 0.238 e. The van der Waals surface area contributed by atoms with Crippen molar-refractivity contribution in [3.8, 4) is 34.4 Å². The highest BCUT2D eigenvalue weighted by Gasteiger charge is 2.26. The molecular formula is C39H29N5. The minimum Gasteiger partial charge on any atom is -0.313 e. The zero-order chi connectivity index (χ0) is 29.0. The summed E-state index contributed by atoms with van der Waals surface area (Å²) in [7, 11) is 0. The van der Waals surface area contributed by atoms with Gasteiger partial charge in [-0.1, -0.05) is 103 Å². The van der Waals surface area contributed by atoms with E-state index < -0.39 is 0 Å². The van der Waals surface area contributed by atoms with Crippen LogP contribution in [0, 0.1) is 0 Å².